The van der Waals surface area contributed by atoms with Gasteiger partial charge in [-0.3, -0.25) is 14.5 Å². The molecule has 0 N–H and O–H groups in total. The first-order chi connectivity index (χ1) is 13.7. The summed E-state index contributed by atoms with van der Waals surface area (Å²) in [5, 5.41) is 0. The van der Waals surface area contributed by atoms with E-state index in [-0.39, 0.29) is 25.2 Å². The second kappa shape index (κ2) is 6.42. The summed E-state index contributed by atoms with van der Waals surface area (Å²) in [7, 11) is 0. The van der Waals surface area contributed by atoms with Crippen LogP contribution in [0.25, 0.3) is 11.6 Å². The van der Waals surface area contributed by atoms with Crippen molar-refractivity contribution in [2.75, 3.05) is 6.79 Å². The normalized spacial score (nSPS) is 16.6. The summed E-state index contributed by atoms with van der Waals surface area (Å²) in [5.74, 6) is 1.13. The molecule has 0 saturated carbocycles. The van der Waals surface area contributed by atoms with Crippen molar-refractivity contribution in [3.05, 3.63) is 83.3 Å². The molecule has 3 aromatic rings. The van der Waals surface area contributed by atoms with Gasteiger partial charge in [0.2, 0.25) is 6.79 Å². The number of benzene rings is 2. The maximum Gasteiger partial charge on any atom is 0.261 e. The Labute approximate surface area is 160 Å². The smallest absolute Gasteiger partial charge is 0.261 e. The molecular formula is C22H15NO5. The molecule has 0 unspecified atom stereocenters. The standard InChI is InChI=1S/C22H15NO5/c24-21-17-6-2-1-5-16(17)18(11-15-4-3-9-26-15)22(25)23(21)12-14-7-8-19-20(10-14)28-13-27-19/h1-11H,12-13H2/b18-11-. The lowest BCUT2D eigenvalue weighted by Crippen LogP contribution is -2.41. The van der Waals surface area contributed by atoms with Crippen molar-refractivity contribution in [2.24, 2.45) is 0 Å². The lowest BCUT2D eigenvalue weighted by Gasteiger charge is -2.28. The molecule has 1 aromatic heterocycles. The third-order valence-electron chi connectivity index (χ3n) is 4.78. The fourth-order valence-corrected chi connectivity index (χ4v) is 3.42. The van der Waals surface area contributed by atoms with Crippen molar-refractivity contribution in [3.63, 3.8) is 0 Å². The number of carbonyl (C=O) groups excluding carboxylic acids is 2. The maximum atomic E-state index is 13.2. The molecule has 6 nitrogen and oxygen atoms in total. The number of nitrogens with zero attached hydrogens (tertiary/aromatic N) is 1. The Hall–Kier alpha value is -3.80. The highest BCUT2D eigenvalue weighted by Gasteiger charge is 2.35. The Bertz CT molecular complexity index is 1110. The van der Waals surface area contributed by atoms with Crippen LogP contribution in [0.15, 0.2) is 65.3 Å². The highest BCUT2D eigenvalue weighted by atomic mass is 16.7. The molecule has 0 spiro atoms. The quantitative estimate of drug-likeness (QED) is 0.517. The van der Waals surface area contributed by atoms with Gasteiger partial charge in [-0.25, -0.2) is 0 Å². The number of hydrogen-bond donors (Lipinski definition) is 0. The maximum absolute atomic E-state index is 13.2. The van der Waals surface area contributed by atoms with Crippen molar-refractivity contribution < 1.29 is 23.5 Å². The second-order valence-electron chi connectivity index (χ2n) is 6.50. The summed E-state index contributed by atoms with van der Waals surface area (Å²) in [4.78, 5) is 27.5. The van der Waals surface area contributed by atoms with Gasteiger partial charge in [0.1, 0.15) is 5.76 Å². The van der Waals surface area contributed by atoms with Gasteiger partial charge < -0.3 is 13.9 Å². The summed E-state index contributed by atoms with van der Waals surface area (Å²) in [6.45, 7) is 0.307. The van der Waals surface area contributed by atoms with Crippen LogP contribution in [-0.2, 0) is 11.3 Å². The largest absolute Gasteiger partial charge is 0.465 e. The molecule has 2 aliphatic rings. The number of furan rings is 1. The van der Waals surface area contributed by atoms with E-state index < -0.39 is 0 Å². The highest BCUT2D eigenvalue weighted by Crippen LogP contribution is 2.35. The van der Waals surface area contributed by atoms with Gasteiger partial charge in [-0.1, -0.05) is 24.3 Å². The van der Waals surface area contributed by atoms with E-state index in [1.807, 2.05) is 12.1 Å². The molecule has 0 radical (unpaired) electrons. The van der Waals surface area contributed by atoms with Crippen LogP contribution in [-0.4, -0.2) is 23.5 Å². The molecule has 3 heterocycles. The fourth-order valence-electron chi connectivity index (χ4n) is 3.42. The van der Waals surface area contributed by atoms with Gasteiger partial charge >= 0.3 is 0 Å². The molecule has 5 rings (SSSR count). The highest BCUT2D eigenvalue weighted by molar-refractivity contribution is 6.33. The number of carbonyl (C=O) groups is 2. The minimum absolute atomic E-state index is 0.137. The van der Waals surface area contributed by atoms with E-state index >= 15 is 0 Å². The number of rotatable bonds is 3. The third-order valence-corrected chi connectivity index (χ3v) is 4.78. The number of fused-ring (bicyclic) bond motifs is 2. The van der Waals surface area contributed by atoms with Gasteiger partial charge in [0, 0.05) is 11.1 Å². The molecular weight excluding hydrogens is 358 g/mol. The first-order valence-electron chi connectivity index (χ1n) is 8.80. The minimum Gasteiger partial charge on any atom is -0.465 e. The van der Waals surface area contributed by atoms with Crippen LogP contribution in [0.2, 0.25) is 0 Å². The van der Waals surface area contributed by atoms with Crippen molar-refractivity contribution in [1.29, 1.82) is 0 Å². The van der Waals surface area contributed by atoms with Gasteiger partial charge in [-0.15, -0.1) is 0 Å². The van der Waals surface area contributed by atoms with Crippen LogP contribution in [0.3, 0.4) is 0 Å². The Kier molecular flexibility index (Phi) is 3.76. The zero-order chi connectivity index (χ0) is 19.1. The minimum atomic E-state index is -0.363. The summed E-state index contributed by atoms with van der Waals surface area (Å²) >= 11 is 0. The van der Waals surface area contributed by atoms with Gasteiger partial charge in [-0.05, 0) is 42.0 Å². The van der Waals surface area contributed by atoms with Crippen molar-refractivity contribution in [2.45, 2.75) is 6.54 Å². The van der Waals surface area contributed by atoms with Crippen LogP contribution in [0.1, 0.15) is 27.2 Å². The van der Waals surface area contributed by atoms with E-state index in [2.05, 4.69) is 0 Å². The molecule has 2 amide bonds. The van der Waals surface area contributed by atoms with E-state index in [4.69, 9.17) is 13.9 Å². The fraction of sp³-hybridized carbons (Fsp3) is 0.0909. The average molecular weight is 373 g/mol. The molecule has 28 heavy (non-hydrogen) atoms. The topological polar surface area (TPSA) is 69.0 Å². The molecule has 138 valence electrons. The molecule has 2 aliphatic heterocycles. The molecule has 2 aromatic carbocycles. The number of amides is 2. The Morgan fingerprint density at radius 3 is 2.54 bits per heavy atom. The number of imide groups is 1. The van der Waals surface area contributed by atoms with Crippen LogP contribution in [0.5, 0.6) is 11.5 Å². The molecule has 0 aliphatic carbocycles. The van der Waals surface area contributed by atoms with Crippen LogP contribution >= 0.6 is 0 Å². The first kappa shape index (κ1) is 16.4. The average Bonchev–Trinajstić information content (AvgIpc) is 3.40. The van der Waals surface area contributed by atoms with Crippen molar-refractivity contribution in [3.8, 4) is 11.5 Å². The van der Waals surface area contributed by atoms with Crippen LogP contribution in [0.4, 0.5) is 0 Å². The van der Waals surface area contributed by atoms with E-state index in [1.165, 1.54) is 4.90 Å². The summed E-state index contributed by atoms with van der Waals surface area (Å²) < 4.78 is 16.1. The van der Waals surface area contributed by atoms with E-state index in [1.54, 1.807) is 54.8 Å². The number of hydrogen-bond acceptors (Lipinski definition) is 5. The predicted molar refractivity (Wildman–Crippen MR) is 100 cm³/mol. The molecule has 0 atom stereocenters. The van der Waals surface area contributed by atoms with Crippen molar-refractivity contribution >= 4 is 23.5 Å². The zero-order valence-corrected chi connectivity index (χ0v) is 14.8. The number of ether oxygens (including phenoxy) is 2. The lowest BCUT2D eigenvalue weighted by molar-refractivity contribution is -0.123. The van der Waals surface area contributed by atoms with Crippen LogP contribution < -0.4 is 9.47 Å². The third kappa shape index (κ3) is 2.66. The van der Waals surface area contributed by atoms with Gasteiger partial charge in [-0.2, -0.15) is 0 Å². The zero-order valence-electron chi connectivity index (χ0n) is 14.8. The monoisotopic (exact) mass is 373 g/mol. The summed E-state index contributed by atoms with van der Waals surface area (Å²) in [5.41, 5.74) is 2.30. The van der Waals surface area contributed by atoms with Crippen LogP contribution in [0, 0.1) is 0 Å². The van der Waals surface area contributed by atoms with Gasteiger partial charge in [0.05, 0.1) is 18.4 Å². The predicted octanol–water partition coefficient (Wildman–Crippen LogP) is 3.73. The van der Waals surface area contributed by atoms with Gasteiger partial charge in [0.25, 0.3) is 11.8 Å². The van der Waals surface area contributed by atoms with E-state index in [0.717, 1.165) is 5.56 Å². The van der Waals surface area contributed by atoms with Crippen molar-refractivity contribution in [1.82, 2.24) is 4.90 Å². The summed E-state index contributed by atoms with van der Waals surface area (Å²) in [6.07, 6.45) is 3.21. The Balaban J connectivity index is 1.55. The molecule has 0 saturated heterocycles. The van der Waals surface area contributed by atoms with E-state index in [9.17, 15) is 9.59 Å². The summed E-state index contributed by atoms with van der Waals surface area (Å²) in [6, 6.07) is 16.0. The second-order valence-corrected chi connectivity index (χ2v) is 6.50. The Morgan fingerprint density at radius 2 is 1.71 bits per heavy atom. The lowest BCUT2D eigenvalue weighted by atomic mass is 9.92. The van der Waals surface area contributed by atoms with E-state index in [0.29, 0.717) is 34.0 Å². The first-order valence-corrected chi connectivity index (χ1v) is 8.80. The molecule has 0 bridgehead atoms. The molecule has 6 heteroatoms. The Morgan fingerprint density at radius 1 is 0.893 bits per heavy atom. The SMILES string of the molecule is O=C1/C(=C\c2ccco2)c2ccccc2C(=O)N1Cc1ccc2c(c1)OCO2. The van der Waals surface area contributed by atoms with Gasteiger partial charge in [0.15, 0.2) is 11.5 Å². The molecule has 0 fully saturated rings.